The van der Waals surface area contributed by atoms with Gasteiger partial charge in [-0.1, -0.05) is 42.5 Å². The second-order valence-corrected chi connectivity index (χ2v) is 4.85. The van der Waals surface area contributed by atoms with Crippen LogP contribution in [-0.2, 0) is 0 Å². The first kappa shape index (κ1) is 19.8. The molecular weight excluding hydrogens is 320 g/mol. The highest BCUT2D eigenvalue weighted by molar-refractivity contribution is 5.81. The summed E-state index contributed by atoms with van der Waals surface area (Å²) in [5, 5.41) is 13.9. The molecule has 132 valence electrons. The quantitative estimate of drug-likeness (QED) is 0.753. The monoisotopic (exact) mass is 342 g/mol. The summed E-state index contributed by atoms with van der Waals surface area (Å²) in [5.74, 6) is 1.72. The Balaban J connectivity index is 0.000000705. The molecule has 0 bridgehead atoms. The van der Waals surface area contributed by atoms with Crippen LogP contribution in [0.15, 0.2) is 66.8 Å². The third kappa shape index (κ3) is 6.83. The molecule has 0 amide bonds. The average molecular weight is 342 g/mol. The first-order valence-electron chi connectivity index (χ1n) is 7.55. The maximum Gasteiger partial charge on any atom is 0.503 e. The predicted octanol–water partition coefficient (Wildman–Crippen LogP) is 4.93. The molecule has 0 spiro atoms. The Hall–Kier alpha value is -3.21. The SMILES string of the molecule is C/C=C/C=C(c1ccc(OC)cc1)c1ccc(OC)cc1.O=C(O)O. The summed E-state index contributed by atoms with van der Waals surface area (Å²) in [7, 11) is 3.35. The van der Waals surface area contributed by atoms with Gasteiger partial charge in [0.05, 0.1) is 14.2 Å². The molecule has 0 aromatic heterocycles. The maximum absolute atomic E-state index is 8.56. The van der Waals surface area contributed by atoms with Crippen molar-refractivity contribution in [3.63, 3.8) is 0 Å². The largest absolute Gasteiger partial charge is 0.503 e. The van der Waals surface area contributed by atoms with Gasteiger partial charge in [-0.05, 0) is 47.9 Å². The van der Waals surface area contributed by atoms with Crippen molar-refractivity contribution >= 4 is 11.7 Å². The highest BCUT2D eigenvalue weighted by Gasteiger charge is 2.05. The number of rotatable bonds is 5. The summed E-state index contributed by atoms with van der Waals surface area (Å²) < 4.78 is 10.4. The van der Waals surface area contributed by atoms with Crippen molar-refractivity contribution in [2.45, 2.75) is 6.92 Å². The van der Waals surface area contributed by atoms with Gasteiger partial charge in [0, 0.05) is 0 Å². The van der Waals surface area contributed by atoms with Crippen LogP contribution in [0.5, 0.6) is 11.5 Å². The van der Waals surface area contributed by atoms with Gasteiger partial charge in [0.1, 0.15) is 11.5 Å². The van der Waals surface area contributed by atoms with Crippen molar-refractivity contribution in [3.8, 4) is 11.5 Å². The Bertz CT molecular complexity index is 659. The van der Waals surface area contributed by atoms with Crippen LogP contribution < -0.4 is 9.47 Å². The van der Waals surface area contributed by atoms with E-state index in [1.54, 1.807) is 14.2 Å². The maximum atomic E-state index is 8.56. The summed E-state index contributed by atoms with van der Waals surface area (Å²) in [6.45, 7) is 2.01. The number of ether oxygens (including phenoxy) is 2. The molecule has 0 aliphatic carbocycles. The molecule has 0 heterocycles. The first-order valence-corrected chi connectivity index (χ1v) is 7.55. The zero-order valence-corrected chi connectivity index (χ0v) is 14.5. The molecule has 0 aliphatic heterocycles. The van der Waals surface area contributed by atoms with E-state index < -0.39 is 6.16 Å². The Morgan fingerprint density at radius 3 is 1.48 bits per heavy atom. The minimum Gasteiger partial charge on any atom is -0.497 e. The van der Waals surface area contributed by atoms with Crippen LogP contribution in [-0.4, -0.2) is 30.6 Å². The number of hydrogen-bond acceptors (Lipinski definition) is 3. The van der Waals surface area contributed by atoms with Gasteiger partial charge < -0.3 is 19.7 Å². The van der Waals surface area contributed by atoms with Crippen molar-refractivity contribution < 1.29 is 24.5 Å². The average Bonchev–Trinajstić information content (AvgIpc) is 2.62. The van der Waals surface area contributed by atoms with E-state index in [9.17, 15) is 0 Å². The van der Waals surface area contributed by atoms with Gasteiger partial charge in [0.2, 0.25) is 0 Å². The molecule has 0 unspecified atom stereocenters. The van der Waals surface area contributed by atoms with Crippen LogP contribution in [0.1, 0.15) is 18.1 Å². The van der Waals surface area contributed by atoms with Gasteiger partial charge in [-0.15, -0.1) is 0 Å². The highest BCUT2D eigenvalue weighted by Crippen LogP contribution is 2.27. The standard InChI is InChI=1S/C19H20O2.CH2O3/c1-4-5-6-19(15-7-11-17(20-2)12-8-15)16-9-13-18(21-3)14-10-16;2-1(3)4/h4-14H,1-3H3;(H2,2,3,4)/b5-4+;. The fourth-order valence-corrected chi connectivity index (χ4v) is 2.09. The summed E-state index contributed by atoms with van der Waals surface area (Å²) in [5.41, 5.74) is 3.47. The van der Waals surface area contributed by atoms with Crippen LogP contribution in [0.4, 0.5) is 4.79 Å². The Morgan fingerprint density at radius 2 is 1.20 bits per heavy atom. The van der Waals surface area contributed by atoms with E-state index in [0.717, 1.165) is 22.6 Å². The number of methoxy groups -OCH3 is 2. The van der Waals surface area contributed by atoms with Gasteiger partial charge >= 0.3 is 6.16 Å². The van der Waals surface area contributed by atoms with Crippen LogP contribution >= 0.6 is 0 Å². The molecule has 0 radical (unpaired) electrons. The number of allylic oxidation sites excluding steroid dienone is 3. The van der Waals surface area contributed by atoms with E-state index in [0.29, 0.717) is 0 Å². The first-order chi connectivity index (χ1) is 12.0. The van der Waals surface area contributed by atoms with Gasteiger partial charge in [-0.3, -0.25) is 0 Å². The summed E-state index contributed by atoms with van der Waals surface area (Å²) in [6, 6.07) is 16.2. The van der Waals surface area contributed by atoms with Crippen molar-refractivity contribution in [1.29, 1.82) is 0 Å². The molecule has 0 saturated carbocycles. The molecular formula is C20H22O5. The van der Waals surface area contributed by atoms with Gasteiger partial charge in [-0.2, -0.15) is 0 Å². The van der Waals surface area contributed by atoms with E-state index in [-0.39, 0.29) is 0 Å². The van der Waals surface area contributed by atoms with Crippen LogP contribution in [0.3, 0.4) is 0 Å². The molecule has 2 aromatic rings. The molecule has 0 atom stereocenters. The van der Waals surface area contributed by atoms with Crippen LogP contribution in [0.25, 0.3) is 5.57 Å². The van der Waals surface area contributed by atoms with Gasteiger partial charge in [0.15, 0.2) is 0 Å². The lowest BCUT2D eigenvalue weighted by atomic mass is 9.97. The predicted molar refractivity (Wildman–Crippen MR) is 98.5 cm³/mol. The van der Waals surface area contributed by atoms with Crippen molar-refractivity contribution in [1.82, 2.24) is 0 Å². The third-order valence-electron chi connectivity index (χ3n) is 3.26. The Kier molecular flexibility index (Phi) is 8.37. The molecule has 2 rings (SSSR count). The zero-order valence-electron chi connectivity index (χ0n) is 14.5. The van der Waals surface area contributed by atoms with E-state index in [1.807, 2.05) is 43.3 Å². The lowest BCUT2D eigenvalue weighted by Gasteiger charge is -2.10. The second-order valence-electron chi connectivity index (χ2n) is 4.85. The summed E-state index contributed by atoms with van der Waals surface area (Å²) in [6.07, 6.45) is 4.35. The third-order valence-corrected chi connectivity index (χ3v) is 3.26. The number of carboxylic acid groups (broad SMARTS) is 2. The fourth-order valence-electron chi connectivity index (χ4n) is 2.09. The highest BCUT2D eigenvalue weighted by atomic mass is 16.6. The van der Waals surface area contributed by atoms with Gasteiger partial charge in [-0.25, -0.2) is 4.79 Å². The summed E-state index contributed by atoms with van der Waals surface area (Å²) >= 11 is 0. The van der Waals surface area contributed by atoms with E-state index >= 15 is 0 Å². The molecule has 5 nitrogen and oxygen atoms in total. The molecule has 0 aliphatic rings. The lowest BCUT2D eigenvalue weighted by Crippen LogP contribution is -1.90. The smallest absolute Gasteiger partial charge is 0.497 e. The molecule has 5 heteroatoms. The topological polar surface area (TPSA) is 76.0 Å². The van der Waals surface area contributed by atoms with Crippen molar-refractivity contribution in [2.75, 3.05) is 14.2 Å². The second kappa shape index (κ2) is 10.5. The molecule has 2 N–H and O–H groups in total. The Labute approximate surface area is 147 Å². The molecule has 2 aromatic carbocycles. The zero-order chi connectivity index (χ0) is 18.7. The van der Waals surface area contributed by atoms with Crippen LogP contribution in [0.2, 0.25) is 0 Å². The number of benzene rings is 2. The number of hydrogen-bond donors (Lipinski definition) is 2. The lowest BCUT2D eigenvalue weighted by molar-refractivity contribution is 0.137. The van der Waals surface area contributed by atoms with E-state index in [2.05, 4.69) is 30.3 Å². The van der Waals surface area contributed by atoms with Crippen molar-refractivity contribution in [3.05, 3.63) is 77.9 Å². The summed E-state index contributed by atoms with van der Waals surface area (Å²) in [4.78, 5) is 8.56. The molecule has 0 saturated heterocycles. The minimum atomic E-state index is -1.83. The van der Waals surface area contributed by atoms with Crippen LogP contribution in [0, 0.1) is 0 Å². The van der Waals surface area contributed by atoms with Crippen molar-refractivity contribution in [2.24, 2.45) is 0 Å². The van der Waals surface area contributed by atoms with E-state index in [1.165, 1.54) is 5.57 Å². The normalized spacial score (nSPS) is 9.72. The van der Waals surface area contributed by atoms with Gasteiger partial charge in [0.25, 0.3) is 0 Å². The molecule has 25 heavy (non-hydrogen) atoms. The van der Waals surface area contributed by atoms with E-state index in [4.69, 9.17) is 24.5 Å². The Morgan fingerprint density at radius 1 is 0.840 bits per heavy atom. The minimum absolute atomic E-state index is 0.860. The molecule has 0 fully saturated rings. The fraction of sp³-hybridized carbons (Fsp3) is 0.150. The number of carbonyl (C=O) groups is 1.